The molecule has 0 saturated heterocycles. The van der Waals surface area contributed by atoms with E-state index in [1.165, 1.54) is 6.20 Å². The molecule has 0 aliphatic carbocycles. The normalized spacial score (nSPS) is 10.7. The summed E-state index contributed by atoms with van der Waals surface area (Å²) in [5.41, 5.74) is 5.67. The highest BCUT2D eigenvalue weighted by Crippen LogP contribution is 2.20. The molecule has 2 N–H and O–H groups in total. The van der Waals surface area contributed by atoms with E-state index in [2.05, 4.69) is 21.0 Å². The molecule has 2 aromatic heterocycles. The van der Waals surface area contributed by atoms with Crippen molar-refractivity contribution in [1.82, 2.24) is 9.78 Å². The van der Waals surface area contributed by atoms with Crippen molar-refractivity contribution in [2.75, 3.05) is 5.73 Å². The van der Waals surface area contributed by atoms with Gasteiger partial charge in [-0.2, -0.15) is 5.10 Å². The Morgan fingerprint density at radius 1 is 1.57 bits per heavy atom. The first-order valence-corrected chi connectivity index (χ1v) is 5.05. The molecule has 0 bridgehead atoms. The van der Waals surface area contributed by atoms with E-state index in [0.717, 1.165) is 5.76 Å². The van der Waals surface area contributed by atoms with Crippen LogP contribution >= 0.6 is 27.5 Å². The Hall–Kier alpha value is -0.940. The van der Waals surface area contributed by atoms with Crippen LogP contribution in [0, 0.1) is 0 Å². The maximum absolute atomic E-state index is 5.75. The van der Waals surface area contributed by atoms with Crippen LogP contribution in [0.15, 0.2) is 27.4 Å². The van der Waals surface area contributed by atoms with E-state index in [1.807, 2.05) is 12.1 Å². The monoisotopic (exact) mass is 275 g/mol. The fraction of sp³-hybridized carbons (Fsp3) is 0.125. The Morgan fingerprint density at radius 3 is 2.86 bits per heavy atom. The Morgan fingerprint density at radius 2 is 2.36 bits per heavy atom. The number of anilines is 1. The van der Waals surface area contributed by atoms with Crippen molar-refractivity contribution < 1.29 is 4.42 Å². The van der Waals surface area contributed by atoms with Crippen LogP contribution < -0.4 is 5.73 Å². The van der Waals surface area contributed by atoms with Crippen LogP contribution in [-0.4, -0.2) is 9.78 Å². The number of furan rings is 1. The van der Waals surface area contributed by atoms with E-state index in [1.54, 1.807) is 4.68 Å². The number of aromatic nitrogens is 2. The van der Waals surface area contributed by atoms with Gasteiger partial charge in [0, 0.05) is 0 Å². The lowest BCUT2D eigenvalue weighted by molar-refractivity contribution is 0.464. The van der Waals surface area contributed by atoms with Gasteiger partial charge in [0.05, 0.1) is 6.20 Å². The van der Waals surface area contributed by atoms with E-state index >= 15 is 0 Å². The van der Waals surface area contributed by atoms with Gasteiger partial charge in [-0.3, -0.25) is 0 Å². The van der Waals surface area contributed by atoms with E-state index in [-0.39, 0.29) is 0 Å². The number of halogens is 2. The van der Waals surface area contributed by atoms with E-state index in [4.69, 9.17) is 21.8 Å². The van der Waals surface area contributed by atoms with E-state index in [9.17, 15) is 0 Å². The Balaban J connectivity index is 2.22. The summed E-state index contributed by atoms with van der Waals surface area (Å²) in [4.78, 5) is 0. The van der Waals surface area contributed by atoms with Gasteiger partial charge in [-0.1, -0.05) is 11.6 Å². The molecule has 0 aliphatic rings. The van der Waals surface area contributed by atoms with Gasteiger partial charge in [0.15, 0.2) is 4.67 Å². The second-order valence-electron chi connectivity index (χ2n) is 2.74. The Bertz CT molecular complexity index is 451. The molecule has 0 radical (unpaired) electrons. The standard InChI is InChI=1S/C8H7BrClN3O/c9-7-2-1-5(14-7)4-13-8(11)6(10)3-12-13/h1-3H,4,11H2. The number of rotatable bonds is 2. The van der Waals surface area contributed by atoms with Crippen LogP contribution in [0.2, 0.25) is 5.02 Å². The highest BCUT2D eigenvalue weighted by atomic mass is 79.9. The van der Waals surface area contributed by atoms with Crippen molar-refractivity contribution in [2.24, 2.45) is 0 Å². The summed E-state index contributed by atoms with van der Waals surface area (Å²) in [5, 5.41) is 4.46. The summed E-state index contributed by atoms with van der Waals surface area (Å²) >= 11 is 8.97. The van der Waals surface area contributed by atoms with Crippen LogP contribution in [0.5, 0.6) is 0 Å². The summed E-state index contributed by atoms with van der Waals surface area (Å²) in [7, 11) is 0. The molecule has 2 rings (SSSR count). The van der Waals surface area contributed by atoms with Gasteiger partial charge in [0.2, 0.25) is 0 Å². The quantitative estimate of drug-likeness (QED) is 0.917. The topological polar surface area (TPSA) is 57.0 Å². The zero-order chi connectivity index (χ0) is 10.1. The zero-order valence-electron chi connectivity index (χ0n) is 7.08. The molecular weight excluding hydrogens is 269 g/mol. The number of nitrogens with two attached hydrogens (primary N) is 1. The molecule has 6 heteroatoms. The van der Waals surface area contributed by atoms with Crippen molar-refractivity contribution in [3.05, 3.63) is 33.8 Å². The van der Waals surface area contributed by atoms with Gasteiger partial charge >= 0.3 is 0 Å². The van der Waals surface area contributed by atoms with Crippen LogP contribution in [0.4, 0.5) is 5.82 Å². The van der Waals surface area contributed by atoms with Gasteiger partial charge in [-0.25, -0.2) is 4.68 Å². The minimum atomic E-state index is 0.444. The van der Waals surface area contributed by atoms with Crippen molar-refractivity contribution in [1.29, 1.82) is 0 Å². The van der Waals surface area contributed by atoms with Crippen LogP contribution in [0.25, 0.3) is 0 Å². The molecule has 0 atom stereocenters. The molecule has 2 heterocycles. The minimum Gasteiger partial charge on any atom is -0.452 e. The second kappa shape index (κ2) is 3.67. The molecule has 0 fully saturated rings. The molecule has 0 aliphatic heterocycles. The fourth-order valence-electron chi connectivity index (χ4n) is 1.08. The Labute approximate surface area is 93.8 Å². The highest BCUT2D eigenvalue weighted by molar-refractivity contribution is 9.10. The molecule has 4 nitrogen and oxygen atoms in total. The summed E-state index contributed by atoms with van der Waals surface area (Å²) < 4.78 is 7.57. The van der Waals surface area contributed by atoms with Crippen LogP contribution in [0.3, 0.4) is 0 Å². The zero-order valence-corrected chi connectivity index (χ0v) is 9.42. The van der Waals surface area contributed by atoms with Crippen molar-refractivity contribution in [2.45, 2.75) is 6.54 Å². The fourth-order valence-corrected chi connectivity index (χ4v) is 1.56. The predicted octanol–water partition coefficient (Wildman–Crippen LogP) is 2.52. The molecule has 0 saturated carbocycles. The molecule has 0 spiro atoms. The van der Waals surface area contributed by atoms with Crippen molar-refractivity contribution in [3.63, 3.8) is 0 Å². The molecule has 0 unspecified atom stereocenters. The molecule has 14 heavy (non-hydrogen) atoms. The van der Waals surface area contributed by atoms with Gasteiger partial charge in [-0.05, 0) is 28.1 Å². The first kappa shape index (κ1) is 9.61. The van der Waals surface area contributed by atoms with Crippen molar-refractivity contribution in [3.8, 4) is 0 Å². The molecule has 74 valence electrons. The third-order valence-corrected chi connectivity index (χ3v) is 2.49. The first-order chi connectivity index (χ1) is 6.66. The first-order valence-electron chi connectivity index (χ1n) is 3.88. The van der Waals surface area contributed by atoms with Crippen LogP contribution in [0.1, 0.15) is 5.76 Å². The molecule has 0 amide bonds. The number of hydrogen-bond acceptors (Lipinski definition) is 3. The van der Waals surface area contributed by atoms with Gasteiger partial charge in [0.25, 0.3) is 0 Å². The van der Waals surface area contributed by atoms with Crippen LogP contribution in [-0.2, 0) is 6.54 Å². The van der Waals surface area contributed by atoms with Crippen molar-refractivity contribution >= 4 is 33.3 Å². The predicted molar refractivity (Wildman–Crippen MR) is 57.2 cm³/mol. The van der Waals surface area contributed by atoms with E-state index < -0.39 is 0 Å². The molecule has 2 aromatic rings. The molecule has 0 aromatic carbocycles. The number of nitrogens with zero attached hydrogens (tertiary/aromatic N) is 2. The number of nitrogen functional groups attached to an aromatic ring is 1. The summed E-state index contributed by atoms with van der Waals surface area (Å²) in [5.74, 6) is 1.21. The largest absolute Gasteiger partial charge is 0.452 e. The maximum atomic E-state index is 5.75. The number of hydrogen-bond donors (Lipinski definition) is 1. The summed E-state index contributed by atoms with van der Waals surface area (Å²) in [6.45, 7) is 0.476. The Kier molecular flexibility index (Phi) is 2.52. The summed E-state index contributed by atoms with van der Waals surface area (Å²) in [6, 6.07) is 3.66. The lowest BCUT2D eigenvalue weighted by Crippen LogP contribution is -2.04. The van der Waals surface area contributed by atoms with E-state index in [0.29, 0.717) is 22.1 Å². The lowest BCUT2D eigenvalue weighted by atomic mass is 10.4. The highest BCUT2D eigenvalue weighted by Gasteiger charge is 2.07. The average Bonchev–Trinajstić information content (AvgIpc) is 2.67. The molecular formula is C8H7BrClN3O. The summed E-state index contributed by atoms with van der Waals surface area (Å²) in [6.07, 6.45) is 1.51. The van der Waals surface area contributed by atoms with Gasteiger partial charge in [0.1, 0.15) is 23.1 Å². The SMILES string of the molecule is Nc1c(Cl)cnn1Cc1ccc(Br)o1. The second-order valence-corrected chi connectivity index (χ2v) is 3.93. The van der Waals surface area contributed by atoms with Gasteiger partial charge < -0.3 is 10.2 Å². The minimum absolute atomic E-state index is 0.444. The maximum Gasteiger partial charge on any atom is 0.169 e. The smallest absolute Gasteiger partial charge is 0.169 e. The third-order valence-electron chi connectivity index (χ3n) is 1.77. The average molecular weight is 277 g/mol. The van der Waals surface area contributed by atoms with Gasteiger partial charge in [-0.15, -0.1) is 0 Å². The lowest BCUT2D eigenvalue weighted by Gasteiger charge is -2.00. The third kappa shape index (κ3) is 1.78.